The van der Waals surface area contributed by atoms with Crippen LogP contribution in [0.4, 0.5) is 4.79 Å². The van der Waals surface area contributed by atoms with Crippen molar-refractivity contribution in [2.24, 2.45) is 0 Å². The number of alkyl carbamates (subject to hydrolysis) is 1. The summed E-state index contributed by atoms with van der Waals surface area (Å²) >= 11 is 0. The molecule has 3 aromatic carbocycles. The van der Waals surface area contributed by atoms with E-state index in [1.54, 1.807) is 45.0 Å². The minimum absolute atomic E-state index is 0.00685. The van der Waals surface area contributed by atoms with Crippen LogP contribution >= 0.6 is 0 Å². The van der Waals surface area contributed by atoms with Crippen molar-refractivity contribution < 1.29 is 42.8 Å². The van der Waals surface area contributed by atoms with E-state index < -0.39 is 64.3 Å². The van der Waals surface area contributed by atoms with Gasteiger partial charge in [-0.2, -0.15) is 0 Å². The van der Waals surface area contributed by atoms with Crippen LogP contribution in [-0.4, -0.2) is 93.3 Å². The molecule has 4 atom stereocenters. The zero-order valence-electron chi connectivity index (χ0n) is 30.8. The summed E-state index contributed by atoms with van der Waals surface area (Å²) < 4.78 is 22.8. The number of carbonyl (C=O) groups excluding carboxylic acids is 5. The second-order valence-corrected chi connectivity index (χ2v) is 15.2. The molecule has 4 amide bonds. The Bertz CT molecular complexity index is 1680. The zero-order valence-corrected chi connectivity index (χ0v) is 31.6. The molecule has 3 aromatic rings. The van der Waals surface area contributed by atoms with Crippen LogP contribution in [0.2, 0.25) is 0 Å². The van der Waals surface area contributed by atoms with E-state index in [1.807, 2.05) is 48.5 Å². The Morgan fingerprint density at radius 1 is 0.755 bits per heavy atom. The number of phenolic OH excluding ortho intramolecular Hbond substituents is 1. The number of phenols is 1. The molecule has 0 aromatic heterocycles. The van der Waals surface area contributed by atoms with Crippen LogP contribution < -0.4 is 16.0 Å². The van der Waals surface area contributed by atoms with E-state index in [0.29, 0.717) is 5.56 Å². The maximum absolute atomic E-state index is 13.9. The van der Waals surface area contributed by atoms with E-state index in [4.69, 9.17) is 9.47 Å². The molecule has 286 valence electrons. The van der Waals surface area contributed by atoms with Crippen LogP contribution in [0.5, 0.6) is 5.75 Å². The van der Waals surface area contributed by atoms with Gasteiger partial charge in [-0.05, 0) is 56.0 Å². The standard InChI is InChI=1S/C39H50N4O9S/c1-39(2,3)52-38(49)42-32(24-28-16-18-30(44)19-17-28)36(47)40-31(21-23-53(5)50)35(46)41-33(25-27-12-8-6-9-13-27)37(48)43(4)22-20-34(45)51-26-29-14-10-7-11-15-29/h6-19,31-33,44H,20-26H2,1-5H3,(H,40,47)(H,41,46)(H,42,49)/t31-,32+,33+,53?/m1/s1. The number of nitrogens with one attached hydrogen (secondary N) is 3. The predicted molar refractivity (Wildman–Crippen MR) is 201 cm³/mol. The van der Waals surface area contributed by atoms with Gasteiger partial charge in [0, 0.05) is 49.2 Å². The van der Waals surface area contributed by atoms with Gasteiger partial charge in [-0.15, -0.1) is 0 Å². The predicted octanol–water partition coefficient (Wildman–Crippen LogP) is 3.40. The van der Waals surface area contributed by atoms with Crippen LogP contribution in [-0.2, 0) is 58.9 Å². The first-order chi connectivity index (χ1) is 25.1. The summed E-state index contributed by atoms with van der Waals surface area (Å²) in [7, 11) is 0.193. The summed E-state index contributed by atoms with van der Waals surface area (Å²) in [6, 6.07) is 20.8. The van der Waals surface area contributed by atoms with Gasteiger partial charge in [0.1, 0.15) is 36.1 Å². The molecule has 14 heteroatoms. The number of ether oxygens (including phenoxy) is 2. The summed E-state index contributed by atoms with van der Waals surface area (Å²) in [6.07, 6.45) is 0.609. The maximum atomic E-state index is 13.9. The fourth-order valence-corrected chi connectivity index (χ4v) is 5.69. The summed E-state index contributed by atoms with van der Waals surface area (Å²) in [6.45, 7) is 5.15. The number of aromatic hydroxyl groups is 1. The lowest BCUT2D eigenvalue weighted by molar-refractivity contribution is -0.146. The van der Waals surface area contributed by atoms with Crippen molar-refractivity contribution in [1.82, 2.24) is 20.9 Å². The molecular formula is C39H50N4O9S. The van der Waals surface area contributed by atoms with E-state index in [0.717, 1.165) is 11.1 Å². The van der Waals surface area contributed by atoms with E-state index in [1.165, 1.54) is 30.3 Å². The first-order valence-corrected chi connectivity index (χ1v) is 19.0. The number of likely N-dealkylation sites (N-methyl/N-ethyl adjacent to an activating group) is 1. The van der Waals surface area contributed by atoms with E-state index >= 15 is 0 Å². The van der Waals surface area contributed by atoms with Crippen LogP contribution in [0.1, 0.15) is 50.3 Å². The fraction of sp³-hybridized carbons (Fsp3) is 0.410. The van der Waals surface area contributed by atoms with Crippen molar-refractivity contribution >= 4 is 40.6 Å². The molecule has 0 bridgehead atoms. The SMILES string of the molecule is CN(CCC(=O)OCc1ccccc1)C(=O)[C@H](Cc1ccccc1)NC(=O)[C@@H](CCS(C)=O)NC(=O)[C@H](Cc1ccc(O)cc1)NC(=O)OC(C)(C)C. The molecule has 53 heavy (non-hydrogen) atoms. The van der Waals surface area contributed by atoms with E-state index in [-0.39, 0.29) is 50.3 Å². The number of amides is 4. The summed E-state index contributed by atoms with van der Waals surface area (Å²) in [5, 5.41) is 17.8. The highest BCUT2D eigenvalue weighted by Crippen LogP contribution is 2.14. The van der Waals surface area contributed by atoms with Gasteiger partial charge in [-0.3, -0.25) is 23.4 Å². The Morgan fingerprint density at radius 3 is 1.87 bits per heavy atom. The van der Waals surface area contributed by atoms with Gasteiger partial charge >= 0.3 is 12.1 Å². The maximum Gasteiger partial charge on any atom is 0.408 e. The Balaban J connectivity index is 1.78. The number of hydrogen-bond donors (Lipinski definition) is 4. The van der Waals surface area contributed by atoms with Gasteiger partial charge in [0.05, 0.1) is 6.42 Å². The Kier molecular flexibility index (Phi) is 16.5. The molecule has 0 saturated heterocycles. The topological polar surface area (TPSA) is 180 Å². The average molecular weight is 751 g/mol. The van der Waals surface area contributed by atoms with Gasteiger partial charge in [-0.25, -0.2) is 4.79 Å². The Morgan fingerprint density at radius 2 is 1.28 bits per heavy atom. The first-order valence-electron chi connectivity index (χ1n) is 17.3. The highest BCUT2D eigenvalue weighted by atomic mass is 32.2. The Labute approximate surface area is 313 Å². The Hall–Kier alpha value is -5.24. The van der Waals surface area contributed by atoms with Crippen LogP contribution in [0.25, 0.3) is 0 Å². The quantitative estimate of drug-likeness (QED) is 0.142. The molecule has 3 rings (SSSR count). The number of nitrogens with zero attached hydrogens (tertiary/aromatic N) is 1. The number of rotatable bonds is 18. The molecule has 13 nitrogen and oxygen atoms in total. The molecule has 1 unspecified atom stereocenters. The molecular weight excluding hydrogens is 701 g/mol. The largest absolute Gasteiger partial charge is 0.508 e. The zero-order chi connectivity index (χ0) is 39.0. The monoisotopic (exact) mass is 750 g/mol. The molecule has 0 spiro atoms. The second-order valence-electron chi connectivity index (χ2n) is 13.6. The lowest BCUT2D eigenvalue weighted by Gasteiger charge is -2.28. The summed E-state index contributed by atoms with van der Waals surface area (Å²) in [5.41, 5.74) is 1.34. The normalized spacial score (nSPS) is 13.4. The molecule has 0 fully saturated rings. The number of benzene rings is 3. The summed E-state index contributed by atoms with van der Waals surface area (Å²) in [5.74, 6) is -2.30. The third kappa shape index (κ3) is 15.9. The van der Waals surface area contributed by atoms with Gasteiger partial charge < -0.3 is 35.4 Å². The molecule has 4 N–H and O–H groups in total. The van der Waals surface area contributed by atoms with Crippen molar-refractivity contribution in [2.45, 2.75) is 76.8 Å². The highest BCUT2D eigenvalue weighted by Gasteiger charge is 2.32. The molecule has 0 saturated carbocycles. The lowest BCUT2D eigenvalue weighted by Crippen LogP contribution is -2.58. The van der Waals surface area contributed by atoms with Crippen LogP contribution in [0.15, 0.2) is 84.9 Å². The second kappa shape index (κ2) is 20.7. The van der Waals surface area contributed by atoms with E-state index in [9.17, 15) is 33.3 Å². The fourth-order valence-electron chi connectivity index (χ4n) is 5.12. The third-order valence-electron chi connectivity index (χ3n) is 7.88. The van der Waals surface area contributed by atoms with Crippen molar-refractivity contribution in [2.75, 3.05) is 25.6 Å². The molecule has 0 radical (unpaired) electrons. The van der Waals surface area contributed by atoms with Crippen molar-refractivity contribution in [1.29, 1.82) is 0 Å². The smallest absolute Gasteiger partial charge is 0.408 e. The van der Waals surface area contributed by atoms with Crippen LogP contribution in [0.3, 0.4) is 0 Å². The lowest BCUT2D eigenvalue weighted by atomic mass is 10.0. The van der Waals surface area contributed by atoms with Crippen molar-refractivity contribution in [3.05, 3.63) is 102 Å². The van der Waals surface area contributed by atoms with Gasteiger partial charge in [-0.1, -0.05) is 72.8 Å². The molecule has 0 heterocycles. The minimum atomic E-state index is -1.33. The molecule has 0 aliphatic heterocycles. The first kappa shape index (κ1) is 42.2. The van der Waals surface area contributed by atoms with Gasteiger partial charge in [0.15, 0.2) is 0 Å². The summed E-state index contributed by atoms with van der Waals surface area (Å²) in [4.78, 5) is 68.1. The molecule has 0 aliphatic rings. The molecule has 0 aliphatic carbocycles. The van der Waals surface area contributed by atoms with Crippen LogP contribution in [0, 0.1) is 0 Å². The number of hydrogen-bond acceptors (Lipinski definition) is 9. The minimum Gasteiger partial charge on any atom is -0.508 e. The van der Waals surface area contributed by atoms with E-state index in [2.05, 4.69) is 16.0 Å². The van der Waals surface area contributed by atoms with Crippen molar-refractivity contribution in [3.8, 4) is 5.75 Å². The van der Waals surface area contributed by atoms with Gasteiger partial charge in [0.2, 0.25) is 17.7 Å². The number of esters is 1. The highest BCUT2D eigenvalue weighted by molar-refractivity contribution is 7.84. The average Bonchev–Trinajstić information content (AvgIpc) is 3.11. The third-order valence-corrected chi connectivity index (χ3v) is 8.69. The van der Waals surface area contributed by atoms with Gasteiger partial charge in [0.25, 0.3) is 0 Å². The van der Waals surface area contributed by atoms with Crippen molar-refractivity contribution in [3.63, 3.8) is 0 Å². The number of carbonyl (C=O) groups is 5.